The second-order valence-electron chi connectivity index (χ2n) is 6.25. The lowest BCUT2D eigenvalue weighted by molar-refractivity contribution is 0.0168. The van der Waals surface area contributed by atoms with Crippen LogP contribution >= 0.6 is 11.6 Å². The predicted molar refractivity (Wildman–Crippen MR) is 108 cm³/mol. The fourth-order valence-corrected chi connectivity index (χ4v) is 2.78. The Balaban J connectivity index is 1.49. The van der Waals surface area contributed by atoms with Gasteiger partial charge in [0.1, 0.15) is 0 Å². The first kappa shape index (κ1) is 21.5. The van der Waals surface area contributed by atoms with Crippen LogP contribution in [-0.2, 0) is 9.47 Å². The number of carbonyl (C=O) groups is 1. The molecule has 1 amide bonds. The molecule has 1 fully saturated rings. The average molecular weight is 397 g/mol. The normalized spacial score (nSPS) is 17.0. The average Bonchev–Trinajstić information content (AvgIpc) is 3.20. The minimum atomic E-state index is -0.125. The fraction of sp³-hybridized carbons (Fsp3) is 0.579. The Kier molecular flexibility index (Phi) is 9.97. The molecule has 7 nitrogen and oxygen atoms in total. The summed E-state index contributed by atoms with van der Waals surface area (Å²) in [7, 11) is 1.72. The summed E-state index contributed by atoms with van der Waals surface area (Å²) in [5.74, 6) is 0.578. The maximum Gasteiger partial charge on any atom is 0.251 e. The van der Waals surface area contributed by atoms with Gasteiger partial charge in [0.25, 0.3) is 5.91 Å². The highest BCUT2D eigenvalue weighted by Crippen LogP contribution is 2.11. The van der Waals surface area contributed by atoms with Gasteiger partial charge < -0.3 is 25.4 Å². The number of guanidine groups is 1. The van der Waals surface area contributed by atoms with Gasteiger partial charge in [-0.25, -0.2) is 0 Å². The number of hydrogen-bond donors (Lipinski definition) is 3. The minimum Gasteiger partial charge on any atom is -0.379 e. The minimum absolute atomic E-state index is 0.125. The first-order valence-electron chi connectivity index (χ1n) is 9.36. The van der Waals surface area contributed by atoms with Crippen molar-refractivity contribution in [3.05, 3.63) is 34.9 Å². The van der Waals surface area contributed by atoms with Crippen LogP contribution in [0.1, 0.15) is 29.6 Å². The van der Waals surface area contributed by atoms with Crippen LogP contribution in [0.15, 0.2) is 29.3 Å². The summed E-state index contributed by atoms with van der Waals surface area (Å²) in [6, 6.07) is 6.80. The molecule has 0 aliphatic carbocycles. The molecule has 8 heteroatoms. The third-order valence-corrected chi connectivity index (χ3v) is 4.37. The van der Waals surface area contributed by atoms with E-state index in [9.17, 15) is 4.79 Å². The highest BCUT2D eigenvalue weighted by atomic mass is 35.5. The molecule has 2 rings (SSSR count). The molecule has 1 unspecified atom stereocenters. The zero-order chi connectivity index (χ0) is 19.3. The van der Waals surface area contributed by atoms with Crippen LogP contribution in [0.5, 0.6) is 0 Å². The van der Waals surface area contributed by atoms with E-state index in [1.165, 1.54) is 0 Å². The Morgan fingerprint density at radius 1 is 1.22 bits per heavy atom. The molecule has 1 aliphatic heterocycles. The van der Waals surface area contributed by atoms with E-state index in [0.29, 0.717) is 42.8 Å². The quantitative estimate of drug-likeness (QED) is 0.319. The lowest BCUT2D eigenvalue weighted by Crippen LogP contribution is -2.42. The Bertz CT molecular complexity index is 589. The number of amides is 1. The number of halogens is 1. The molecule has 1 aliphatic rings. The smallest absolute Gasteiger partial charge is 0.251 e. The van der Waals surface area contributed by atoms with E-state index in [-0.39, 0.29) is 12.0 Å². The Morgan fingerprint density at radius 3 is 2.67 bits per heavy atom. The second kappa shape index (κ2) is 12.5. The standard InChI is InChI=1S/C19H29ClN4O3/c1-21-19(23-9-3-12-26-14-17-4-2-13-27-17)24-11-10-22-18(25)15-5-7-16(20)8-6-15/h5-8,17H,2-4,9-14H2,1H3,(H,22,25)(H2,21,23,24). The summed E-state index contributed by atoms with van der Waals surface area (Å²) in [5.41, 5.74) is 0.588. The number of carbonyl (C=O) groups excluding carboxylic acids is 1. The molecule has 0 radical (unpaired) electrons. The number of benzene rings is 1. The summed E-state index contributed by atoms with van der Waals surface area (Å²) in [4.78, 5) is 16.1. The third kappa shape index (κ3) is 8.60. The number of aliphatic imine (C=N–C) groups is 1. The molecule has 0 bridgehead atoms. The molecule has 1 heterocycles. The van der Waals surface area contributed by atoms with Gasteiger partial charge in [0.15, 0.2) is 5.96 Å². The molecule has 1 saturated heterocycles. The molecule has 0 aromatic heterocycles. The summed E-state index contributed by atoms with van der Waals surface area (Å²) in [6.45, 7) is 4.07. The Hall–Kier alpha value is -1.83. The topological polar surface area (TPSA) is 84.0 Å². The largest absolute Gasteiger partial charge is 0.379 e. The van der Waals surface area contributed by atoms with E-state index >= 15 is 0 Å². The van der Waals surface area contributed by atoms with Crippen LogP contribution in [0, 0.1) is 0 Å². The van der Waals surface area contributed by atoms with E-state index < -0.39 is 0 Å². The van der Waals surface area contributed by atoms with Crippen molar-refractivity contribution >= 4 is 23.5 Å². The van der Waals surface area contributed by atoms with Crippen LogP contribution in [0.25, 0.3) is 0 Å². The van der Waals surface area contributed by atoms with E-state index in [1.807, 2.05) is 0 Å². The molecule has 150 valence electrons. The van der Waals surface area contributed by atoms with Gasteiger partial charge in [-0.3, -0.25) is 9.79 Å². The first-order valence-corrected chi connectivity index (χ1v) is 9.74. The van der Waals surface area contributed by atoms with Crippen molar-refractivity contribution in [2.45, 2.75) is 25.4 Å². The molecule has 27 heavy (non-hydrogen) atoms. The van der Waals surface area contributed by atoms with Crippen molar-refractivity contribution in [1.82, 2.24) is 16.0 Å². The van der Waals surface area contributed by atoms with Crippen LogP contribution in [-0.4, -0.2) is 64.5 Å². The number of nitrogens with zero attached hydrogens (tertiary/aromatic N) is 1. The monoisotopic (exact) mass is 396 g/mol. The zero-order valence-corrected chi connectivity index (χ0v) is 16.6. The fourth-order valence-electron chi connectivity index (χ4n) is 2.65. The van der Waals surface area contributed by atoms with Crippen molar-refractivity contribution in [3.63, 3.8) is 0 Å². The van der Waals surface area contributed by atoms with Gasteiger partial charge in [0, 0.05) is 50.5 Å². The SMILES string of the molecule is CN=C(NCCCOCC1CCCO1)NCCNC(=O)c1ccc(Cl)cc1. The Morgan fingerprint density at radius 2 is 1.96 bits per heavy atom. The Labute approximate surface area is 165 Å². The van der Waals surface area contributed by atoms with Gasteiger partial charge in [-0.1, -0.05) is 11.6 Å². The molecule has 0 saturated carbocycles. The van der Waals surface area contributed by atoms with Crippen LogP contribution < -0.4 is 16.0 Å². The van der Waals surface area contributed by atoms with Gasteiger partial charge in [0.2, 0.25) is 0 Å². The second-order valence-corrected chi connectivity index (χ2v) is 6.69. The summed E-state index contributed by atoms with van der Waals surface area (Å²) in [5, 5.41) is 9.85. The van der Waals surface area contributed by atoms with Gasteiger partial charge in [0.05, 0.1) is 12.7 Å². The third-order valence-electron chi connectivity index (χ3n) is 4.12. The molecular formula is C19H29ClN4O3. The van der Waals surface area contributed by atoms with Crippen molar-refractivity contribution in [1.29, 1.82) is 0 Å². The van der Waals surface area contributed by atoms with E-state index in [0.717, 1.165) is 32.4 Å². The molecular weight excluding hydrogens is 368 g/mol. The van der Waals surface area contributed by atoms with E-state index in [1.54, 1.807) is 31.3 Å². The van der Waals surface area contributed by atoms with E-state index in [2.05, 4.69) is 20.9 Å². The van der Waals surface area contributed by atoms with Crippen molar-refractivity contribution < 1.29 is 14.3 Å². The van der Waals surface area contributed by atoms with Crippen LogP contribution in [0.3, 0.4) is 0 Å². The number of ether oxygens (including phenoxy) is 2. The zero-order valence-electron chi connectivity index (χ0n) is 15.8. The molecule has 1 aromatic carbocycles. The molecule has 3 N–H and O–H groups in total. The predicted octanol–water partition coefficient (Wildman–Crippen LogP) is 1.82. The summed E-state index contributed by atoms with van der Waals surface area (Å²) in [6.07, 6.45) is 3.40. The summed E-state index contributed by atoms with van der Waals surface area (Å²) < 4.78 is 11.1. The first-order chi connectivity index (χ1) is 13.2. The molecule has 1 aromatic rings. The lowest BCUT2D eigenvalue weighted by atomic mass is 10.2. The van der Waals surface area contributed by atoms with Gasteiger partial charge in [-0.05, 0) is 43.5 Å². The highest BCUT2D eigenvalue weighted by Gasteiger charge is 2.14. The van der Waals surface area contributed by atoms with Crippen molar-refractivity contribution in [3.8, 4) is 0 Å². The van der Waals surface area contributed by atoms with Gasteiger partial charge in [-0.15, -0.1) is 0 Å². The maximum atomic E-state index is 12.0. The van der Waals surface area contributed by atoms with E-state index in [4.69, 9.17) is 21.1 Å². The highest BCUT2D eigenvalue weighted by molar-refractivity contribution is 6.30. The van der Waals surface area contributed by atoms with Gasteiger partial charge in [-0.2, -0.15) is 0 Å². The lowest BCUT2D eigenvalue weighted by Gasteiger charge is -2.13. The molecule has 1 atom stereocenters. The van der Waals surface area contributed by atoms with Gasteiger partial charge >= 0.3 is 0 Å². The number of rotatable bonds is 10. The maximum absolute atomic E-state index is 12.0. The number of hydrogen-bond acceptors (Lipinski definition) is 4. The van der Waals surface area contributed by atoms with Crippen molar-refractivity contribution in [2.24, 2.45) is 4.99 Å². The van der Waals surface area contributed by atoms with Crippen LogP contribution in [0.2, 0.25) is 5.02 Å². The van der Waals surface area contributed by atoms with Crippen molar-refractivity contribution in [2.75, 3.05) is 46.5 Å². The molecule has 0 spiro atoms. The summed E-state index contributed by atoms with van der Waals surface area (Å²) >= 11 is 5.82. The number of nitrogens with one attached hydrogen (secondary N) is 3. The van der Waals surface area contributed by atoms with Crippen LogP contribution in [0.4, 0.5) is 0 Å².